The first-order valence-corrected chi connectivity index (χ1v) is 9.26. The fraction of sp³-hybridized carbons (Fsp3) is 0.632. The van der Waals surface area contributed by atoms with Crippen LogP contribution in [0.5, 0.6) is 0 Å². The Morgan fingerprint density at radius 1 is 1.32 bits per heavy atom. The van der Waals surface area contributed by atoms with Crippen LogP contribution in [0.25, 0.3) is 0 Å². The van der Waals surface area contributed by atoms with Gasteiger partial charge in [0.1, 0.15) is 0 Å². The highest BCUT2D eigenvalue weighted by Crippen LogP contribution is 2.29. The molecule has 2 atom stereocenters. The highest BCUT2D eigenvalue weighted by molar-refractivity contribution is 5.79. The van der Waals surface area contributed by atoms with Crippen LogP contribution in [0.15, 0.2) is 18.2 Å². The average Bonchev–Trinajstić information content (AvgIpc) is 3.26. The number of likely N-dealkylation sites (tertiary alicyclic amines) is 1. The minimum Gasteiger partial charge on any atom is -0.341 e. The van der Waals surface area contributed by atoms with E-state index in [1.807, 2.05) is 17.9 Å². The Labute approximate surface area is 148 Å². The maximum Gasteiger partial charge on any atom is 0.272 e. The fourth-order valence-electron chi connectivity index (χ4n) is 4.28. The van der Waals surface area contributed by atoms with Crippen molar-refractivity contribution in [2.75, 3.05) is 13.1 Å². The van der Waals surface area contributed by atoms with Crippen LogP contribution in [0.4, 0.5) is 5.69 Å². The molecule has 0 aromatic heterocycles. The highest BCUT2D eigenvalue weighted by atomic mass is 16.6. The smallest absolute Gasteiger partial charge is 0.272 e. The van der Waals surface area contributed by atoms with E-state index >= 15 is 0 Å². The molecule has 0 bridgehead atoms. The molecule has 1 saturated carbocycles. The van der Waals surface area contributed by atoms with Gasteiger partial charge in [0.15, 0.2) is 0 Å². The van der Waals surface area contributed by atoms with E-state index in [1.54, 1.807) is 19.1 Å². The summed E-state index contributed by atoms with van der Waals surface area (Å²) in [5.41, 5.74) is 1.83. The lowest BCUT2D eigenvalue weighted by Crippen LogP contribution is -2.38. The van der Waals surface area contributed by atoms with Crippen molar-refractivity contribution in [2.45, 2.75) is 58.0 Å². The van der Waals surface area contributed by atoms with Gasteiger partial charge in [0.05, 0.1) is 4.92 Å². The van der Waals surface area contributed by atoms with Gasteiger partial charge in [0.25, 0.3) is 5.69 Å². The lowest BCUT2D eigenvalue weighted by Gasteiger charge is -2.23. The van der Waals surface area contributed by atoms with Crippen molar-refractivity contribution in [3.8, 4) is 0 Å². The standard InChI is InChI=1S/C19H27N3O3/c1-13-17(8-5-9-18(13)22(24)25)14(2)20-16-10-11-21(12-16)19(23)15-6-3-4-7-15/h5,8-9,14-16,20H,3-4,6-7,10-12H2,1-2H3. The zero-order valence-corrected chi connectivity index (χ0v) is 15.0. The van der Waals surface area contributed by atoms with Crippen molar-refractivity contribution in [3.63, 3.8) is 0 Å². The minimum atomic E-state index is -0.330. The zero-order valence-electron chi connectivity index (χ0n) is 15.0. The van der Waals surface area contributed by atoms with E-state index in [4.69, 9.17) is 0 Å². The van der Waals surface area contributed by atoms with E-state index in [0.29, 0.717) is 11.5 Å². The first kappa shape index (κ1) is 17.9. The molecule has 2 unspecified atom stereocenters. The Balaban J connectivity index is 1.61. The molecule has 136 valence electrons. The molecule has 1 amide bonds. The largest absolute Gasteiger partial charge is 0.341 e. The maximum absolute atomic E-state index is 12.5. The molecule has 25 heavy (non-hydrogen) atoms. The second kappa shape index (κ2) is 7.52. The van der Waals surface area contributed by atoms with Gasteiger partial charge < -0.3 is 10.2 Å². The average molecular weight is 345 g/mol. The van der Waals surface area contributed by atoms with Gasteiger partial charge in [-0.2, -0.15) is 0 Å². The Morgan fingerprint density at radius 2 is 2.04 bits per heavy atom. The number of nitrogens with zero attached hydrogens (tertiary/aromatic N) is 2. The van der Waals surface area contributed by atoms with Gasteiger partial charge in [-0.1, -0.05) is 25.0 Å². The van der Waals surface area contributed by atoms with Gasteiger partial charge in [0, 0.05) is 42.7 Å². The van der Waals surface area contributed by atoms with Crippen LogP contribution >= 0.6 is 0 Å². The van der Waals surface area contributed by atoms with Crippen LogP contribution in [0.1, 0.15) is 56.2 Å². The van der Waals surface area contributed by atoms with Gasteiger partial charge >= 0.3 is 0 Å². The number of benzene rings is 1. The van der Waals surface area contributed by atoms with Crippen molar-refractivity contribution < 1.29 is 9.72 Å². The van der Waals surface area contributed by atoms with E-state index in [2.05, 4.69) is 5.32 Å². The molecule has 1 N–H and O–H groups in total. The molecule has 1 saturated heterocycles. The number of nitrogens with one attached hydrogen (secondary N) is 1. The highest BCUT2D eigenvalue weighted by Gasteiger charge is 2.32. The molecular weight excluding hydrogens is 318 g/mol. The maximum atomic E-state index is 12.5. The molecule has 6 nitrogen and oxygen atoms in total. The number of nitro groups is 1. The SMILES string of the molecule is Cc1c(C(C)NC2CCN(C(=O)C3CCCC3)C2)cccc1[N+](=O)[O-]. The molecule has 1 aromatic carbocycles. The van der Waals surface area contributed by atoms with Gasteiger partial charge in [-0.05, 0) is 38.7 Å². The third-order valence-corrected chi connectivity index (χ3v) is 5.70. The molecular formula is C19H27N3O3. The van der Waals surface area contributed by atoms with Crippen LogP contribution in [-0.2, 0) is 4.79 Å². The van der Waals surface area contributed by atoms with Crippen molar-refractivity contribution in [3.05, 3.63) is 39.4 Å². The third-order valence-electron chi connectivity index (χ3n) is 5.70. The zero-order chi connectivity index (χ0) is 18.0. The molecule has 1 aliphatic carbocycles. The van der Waals surface area contributed by atoms with Crippen LogP contribution in [-0.4, -0.2) is 34.9 Å². The van der Waals surface area contributed by atoms with Crippen molar-refractivity contribution in [1.29, 1.82) is 0 Å². The number of carbonyl (C=O) groups excluding carboxylic acids is 1. The van der Waals surface area contributed by atoms with Crippen LogP contribution < -0.4 is 5.32 Å². The quantitative estimate of drug-likeness (QED) is 0.656. The molecule has 1 aromatic rings. The number of carbonyl (C=O) groups is 1. The number of hydrogen-bond acceptors (Lipinski definition) is 4. The molecule has 6 heteroatoms. The normalized spacial score (nSPS) is 22.3. The minimum absolute atomic E-state index is 0.0198. The first-order chi connectivity index (χ1) is 12.0. The summed E-state index contributed by atoms with van der Waals surface area (Å²) in [6.07, 6.45) is 5.37. The number of nitro benzene ring substituents is 1. The third kappa shape index (κ3) is 3.84. The summed E-state index contributed by atoms with van der Waals surface area (Å²) < 4.78 is 0. The lowest BCUT2D eigenvalue weighted by molar-refractivity contribution is -0.385. The first-order valence-electron chi connectivity index (χ1n) is 9.26. The fourth-order valence-corrected chi connectivity index (χ4v) is 4.28. The van der Waals surface area contributed by atoms with Crippen molar-refractivity contribution in [1.82, 2.24) is 10.2 Å². The van der Waals surface area contributed by atoms with Gasteiger partial charge in [0.2, 0.25) is 5.91 Å². The van der Waals surface area contributed by atoms with E-state index in [1.165, 1.54) is 12.8 Å². The lowest BCUT2D eigenvalue weighted by atomic mass is 10.00. The second-order valence-electron chi connectivity index (χ2n) is 7.39. The van der Waals surface area contributed by atoms with Gasteiger partial charge in [-0.15, -0.1) is 0 Å². The second-order valence-corrected chi connectivity index (χ2v) is 7.39. The Kier molecular flexibility index (Phi) is 5.37. The summed E-state index contributed by atoms with van der Waals surface area (Å²) in [7, 11) is 0. The van der Waals surface area contributed by atoms with Crippen molar-refractivity contribution >= 4 is 11.6 Å². The Hall–Kier alpha value is -1.95. The molecule has 0 radical (unpaired) electrons. The summed E-state index contributed by atoms with van der Waals surface area (Å²) in [5, 5.41) is 14.7. The summed E-state index contributed by atoms with van der Waals surface area (Å²) in [4.78, 5) is 25.3. The Morgan fingerprint density at radius 3 is 2.72 bits per heavy atom. The molecule has 2 fully saturated rings. The Bertz CT molecular complexity index is 655. The summed E-state index contributed by atoms with van der Waals surface area (Å²) in [5.74, 6) is 0.552. The molecule has 1 aliphatic heterocycles. The number of rotatable bonds is 5. The van der Waals surface area contributed by atoms with Crippen LogP contribution in [0.3, 0.4) is 0 Å². The monoisotopic (exact) mass is 345 g/mol. The van der Waals surface area contributed by atoms with E-state index in [0.717, 1.165) is 37.9 Å². The van der Waals surface area contributed by atoms with Gasteiger partial charge in [-0.25, -0.2) is 0 Å². The summed E-state index contributed by atoms with van der Waals surface area (Å²) >= 11 is 0. The predicted octanol–water partition coefficient (Wildman–Crippen LogP) is 3.34. The number of amides is 1. The molecule has 2 aliphatic rings. The van der Waals surface area contributed by atoms with E-state index < -0.39 is 0 Å². The molecule has 1 heterocycles. The van der Waals surface area contributed by atoms with Crippen molar-refractivity contribution in [2.24, 2.45) is 5.92 Å². The van der Waals surface area contributed by atoms with E-state index in [9.17, 15) is 14.9 Å². The summed E-state index contributed by atoms with van der Waals surface area (Å²) in [6, 6.07) is 5.49. The number of hydrogen-bond donors (Lipinski definition) is 1. The topological polar surface area (TPSA) is 75.5 Å². The van der Waals surface area contributed by atoms with Crippen LogP contribution in [0, 0.1) is 23.0 Å². The predicted molar refractivity (Wildman–Crippen MR) is 96.3 cm³/mol. The van der Waals surface area contributed by atoms with Gasteiger partial charge in [-0.3, -0.25) is 14.9 Å². The molecule has 0 spiro atoms. The summed E-state index contributed by atoms with van der Waals surface area (Å²) in [6.45, 7) is 5.39. The van der Waals surface area contributed by atoms with Crippen LogP contribution in [0.2, 0.25) is 0 Å². The molecule has 3 rings (SSSR count). The van der Waals surface area contributed by atoms with E-state index in [-0.39, 0.29) is 28.6 Å².